The van der Waals surface area contributed by atoms with Gasteiger partial charge in [-0.15, -0.1) is 0 Å². The fourth-order valence-electron chi connectivity index (χ4n) is 6.80. The predicted octanol–water partition coefficient (Wildman–Crippen LogP) is 11.2. The van der Waals surface area contributed by atoms with Gasteiger partial charge in [-0.05, 0) is 53.6 Å². The van der Waals surface area contributed by atoms with Gasteiger partial charge in [-0.25, -0.2) is 9.97 Å². The van der Waals surface area contributed by atoms with E-state index in [1.54, 1.807) is 0 Å². The van der Waals surface area contributed by atoms with Crippen molar-refractivity contribution in [3.63, 3.8) is 0 Å². The maximum atomic E-state index is 6.41. The van der Waals surface area contributed by atoms with Crippen LogP contribution in [0.1, 0.15) is 0 Å². The van der Waals surface area contributed by atoms with Gasteiger partial charge < -0.3 is 8.83 Å². The highest BCUT2D eigenvalue weighted by atomic mass is 16.4. The van der Waals surface area contributed by atoms with E-state index in [4.69, 9.17) is 18.8 Å². The van der Waals surface area contributed by atoms with Crippen LogP contribution in [0.25, 0.3) is 94.5 Å². The second-order valence-corrected chi connectivity index (χ2v) is 11.8. The Morgan fingerprint density at radius 1 is 0.447 bits per heavy atom. The molecule has 5 nitrogen and oxygen atoms in total. The number of nitrogens with zero attached hydrogens (tertiary/aromatic N) is 3. The van der Waals surface area contributed by atoms with Gasteiger partial charge in [0, 0.05) is 27.6 Å². The average Bonchev–Trinajstić information content (AvgIpc) is 3.84. The summed E-state index contributed by atoms with van der Waals surface area (Å²) in [6.07, 6.45) is 0. The molecule has 10 aromatic rings. The molecule has 4 aromatic heterocycles. The Balaban J connectivity index is 1.07. The number of imidazole rings is 1. The first-order valence-electron chi connectivity index (χ1n) is 15.7. The third-order valence-corrected chi connectivity index (χ3v) is 9.04. The third kappa shape index (κ3) is 3.97. The van der Waals surface area contributed by atoms with Crippen LogP contribution in [0.5, 0.6) is 0 Å². The molecule has 0 aliphatic heterocycles. The van der Waals surface area contributed by atoms with Gasteiger partial charge in [-0.2, -0.15) is 0 Å². The number of aromatic nitrogens is 3. The van der Waals surface area contributed by atoms with E-state index in [2.05, 4.69) is 102 Å². The summed E-state index contributed by atoms with van der Waals surface area (Å²) in [7, 11) is 0. The minimum absolute atomic E-state index is 0.679. The lowest BCUT2D eigenvalue weighted by Crippen LogP contribution is -1.97. The zero-order valence-corrected chi connectivity index (χ0v) is 25.1. The van der Waals surface area contributed by atoms with Crippen molar-refractivity contribution >= 4 is 55.0 Å². The van der Waals surface area contributed by atoms with Crippen molar-refractivity contribution in [2.45, 2.75) is 0 Å². The molecule has 220 valence electrons. The van der Waals surface area contributed by atoms with E-state index in [0.29, 0.717) is 5.58 Å². The Morgan fingerprint density at radius 3 is 1.79 bits per heavy atom. The minimum Gasteiger partial charge on any atom is -0.452 e. The van der Waals surface area contributed by atoms with Crippen LogP contribution < -0.4 is 0 Å². The van der Waals surface area contributed by atoms with Crippen molar-refractivity contribution < 1.29 is 8.83 Å². The minimum atomic E-state index is 0.679. The highest BCUT2D eigenvalue weighted by Crippen LogP contribution is 2.42. The number of benzene rings is 6. The van der Waals surface area contributed by atoms with Gasteiger partial charge in [0.1, 0.15) is 22.5 Å². The maximum absolute atomic E-state index is 6.41. The first-order chi connectivity index (χ1) is 23.3. The van der Waals surface area contributed by atoms with Gasteiger partial charge in [0.05, 0.1) is 22.1 Å². The van der Waals surface area contributed by atoms with E-state index in [-0.39, 0.29) is 0 Å². The van der Waals surface area contributed by atoms with Gasteiger partial charge in [0.25, 0.3) is 0 Å². The first kappa shape index (κ1) is 25.8. The van der Waals surface area contributed by atoms with Gasteiger partial charge in [-0.3, -0.25) is 4.57 Å². The molecule has 5 heteroatoms. The molecule has 0 saturated carbocycles. The lowest BCUT2D eigenvalue weighted by molar-refractivity contribution is 0.633. The van der Waals surface area contributed by atoms with E-state index in [0.717, 1.165) is 88.9 Å². The molecule has 4 heterocycles. The molecule has 10 rings (SSSR count). The van der Waals surface area contributed by atoms with E-state index in [1.165, 1.54) is 0 Å². The van der Waals surface area contributed by atoms with Crippen LogP contribution in [-0.4, -0.2) is 14.5 Å². The van der Waals surface area contributed by atoms with Crippen molar-refractivity contribution in [2.75, 3.05) is 0 Å². The lowest BCUT2D eigenvalue weighted by Gasteiger charge is -2.10. The molecule has 0 amide bonds. The molecular formula is C42H25N3O2. The normalized spacial score (nSPS) is 11.8. The molecule has 0 unspecified atom stereocenters. The number of furan rings is 2. The molecule has 0 N–H and O–H groups in total. The molecule has 0 fully saturated rings. The molecule has 0 saturated heterocycles. The van der Waals surface area contributed by atoms with Gasteiger partial charge in [0.15, 0.2) is 11.2 Å². The fraction of sp³-hybridized carbons (Fsp3) is 0. The number of para-hydroxylation sites is 5. The fourth-order valence-corrected chi connectivity index (χ4v) is 6.80. The number of hydrogen-bond donors (Lipinski definition) is 0. The molecule has 47 heavy (non-hydrogen) atoms. The zero-order chi connectivity index (χ0) is 30.9. The Morgan fingerprint density at radius 2 is 1.02 bits per heavy atom. The summed E-state index contributed by atoms with van der Waals surface area (Å²) >= 11 is 0. The highest BCUT2D eigenvalue weighted by molar-refractivity contribution is 6.21. The monoisotopic (exact) mass is 603 g/mol. The number of hydrogen-bond acceptors (Lipinski definition) is 4. The largest absolute Gasteiger partial charge is 0.452 e. The smallest absolute Gasteiger partial charge is 0.197 e. The van der Waals surface area contributed by atoms with Crippen molar-refractivity contribution in [3.05, 3.63) is 152 Å². The topological polar surface area (TPSA) is 57.0 Å². The van der Waals surface area contributed by atoms with Crippen LogP contribution in [0.2, 0.25) is 0 Å². The molecular weight excluding hydrogens is 578 g/mol. The molecule has 6 aromatic carbocycles. The maximum Gasteiger partial charge on any atom is 0.197 e. The van der Waals surface area contributed by atoms with Crippen LogP contribution >= 0.6 is 0 Å². The van der Waals surface area contributed by atoms with E-state index in [1.807, 2.05) is 54.6 Å². The quantitative estimate of drug-likeness (QED) is 0.201. The van der Waals surface area contributed by atoms with Gasteiger partial charge >= 0.3 is 0 Å². The standard InChI is InChI=1S/C42H25N3O2/c1-2-10-30(11-3-1)45-34-15-7-6-14-33(34)43-42(45)29-24-20-27(21-25-29)26-18-22-28(23-19-26)38-37-31-12-4-8-16-35(31)46-40(37)41-39(44-38)32-13-5-9-17-36(32)47-41/h1-25H. The van der Waals surface area contributed by atoms with Crippen LogP contribution in [0.4, 0.5) is 0 Å². The summed E-state index contributed by atoms with van der Waals surface area (Å²) in [5.41, 5.74) is 12.2. The second kappa shape index (κ2) is 10.0. The van der Waals surface area contributed by atoms with E-state index >= 15 is 0 Å². The Labute approximate surface area is 269 Å². The Hall–Kier alpha value is -6.46. The van der Waals surface area contributed by atoms with Crippen molar-refractivity contribution in [1.82, 2.24) is 14.5 Å². The summed E-state index contributed by atoms with van der Waals surface area (Å²) in [6, 6.07) is 52.1. The second-order valence-electron chi connectivity index (χ2n) is 11.8. The third-order valence-electron chi connectivity index (χ3n) is 9.04. The van der Waals surface area contributed by atoms with Gasteiger partial charge in [-0.1, -0.05) is 109 Å². The average molecular weight is 604 g/mol. The molecule has 0 atom stereocenters. The lowest BCUT2D eigenvalue weighted by atomic mass is 9.99. The van der Waals surface area contributed by atoms with E-state index in [9.17, 15) is 0 Å². The number of rotatable bonds is 4. The SMILES string of the molecule is c1ccc(-n2c(-c3ccc(-c4ccc(-c5nc6c7ccccc7oc6c6oc7ccccc7c56)cc4)cc3)nc3ccccc32)cc1. The summed E-state index contributed by atoms with van der Waals surface area (Å²) in [6.45, 7) is 0. The summed E-state index contributed by atoms with van der Waals surface area (Å²) < 4.78 is 14.9. The Bertz CT molecular complexity index is 2770. The van der Waals surface area contributed by atoms with Crippen molar-refractivity contribution in [2.24, 2.45) is 0 Å². The van der Waals surface area contributed by atoms with Crippen molar-refractivity contribution in [3.8, 4) is 39.5 Å². The van der Waals surface area contributed by atoms with Crippen LogP contribution in [0.15, 0.2) is 160 Å². The first-order valence-corrected chi connectivity index (χ1v) is 15.7. The van der Waals surface area contributed by atoms with E-state index < -0.39 is 0 Å². The molecule has 0 bridgehead atoms. The van der Waals surface area contributed by atoms with Crippen LogP contribution in [0.3, 0.4) is 0 Å². The van der Waals surface area contributed by atoms with Gasteiger partial charge in [0.2, 0.25) is 0 Å². The Kier molecular flexibility index (Phi) is 5.51. The van der Waals surface area contributed by atoms with Crippen LogP contribution in [0, 0.1) is 0 Å². The van der Waals surface area contributed by atoms with Crippen LogP contribution in [-0.2, 0) is 0 Å². The molecule has 0 aliphatic rings. The molecule has 0 aliphatic carbocycles. The van der Waals surface area contributed by atoms with Crippen molar-refractivity contribution in [1.29, 1.82) is 0 Å². The summed E-state index contributed by atoms with van der Waals surface area (Å²) in [5, 5.41) is 2.96. The predicted molar refractivity (Wildman–Crippen MR) is 190 cm³/mol. The zero-order valence-electron chi connectivity index (χ0n) is 25.1. The summed E-state index contributed by atoms with van der Waals surface area (Å²) in [4.78, 5) is 10.2. The number of pyridine rings is 1. The number of fused-ring (bicyclic) bond motifs is 8. The summed E-state index contributed by atoms with van der Waals surface area (Å²) in [5.74, 6) is 0.920. The highest BCUT2D eigenvalue weighted by Gasteiger charge is 2.22. The molecule has 0 spiro atoms. The molecule has 0 radical (unpaired) electrons.